The highest BCUT2D eigenvalue weighted by Gasteiger charge is 2.16. The quantitative estimate of drug-likeness (QED) is 0.817. The third kappa shape index (κ3) is 5.98. The molecule has 1 aromatic carbocycles. The average Bonchev–Trinajstić information content (AvgIpc) is 2.91. The lowest BCUT2D eigenvalue weighted by Crippen LogP contribution is -2.40. The number of rotatable bonds is 6. The Balaban J connectivity index is 2.01. The van der Waals surface area contributed by atoms with Gasteiger partial charge in [0.05, 0.1) is 0 Å². The van der Waals surface area contributed by atoms with E-state index in [-0.39, 0.29) is 11.4 Å². The Morgan fingerprint density at radius 3 is 2.38 bits per heavy atom. The summed E-state index contributed by atoms with van der Waals surface area (Å²) in [6.07, 6.45) is 2.04. The maximum atomic E-state index is 13.0. The predicted octanol–water partition coefficient (Wildman–Crippen LogP) is 4.68. The summed E-state index contributed by atoms with van der Waals surface area (Å²) in [5.74, 6) is 0.356. The van der Waals surface area contributed by atoms with Crippen molar-refractivity contribution in [1.82, 2.24) is 5.32 Å². The van der Waals surface area contributed by atoms with Crippen molar-refractivity contribution in [3.8, 4) is 0 Å². The van der Waals surface area contributed by atoms with Gasteiger partial charge in [-0.1, -0.05) is 18.2 Å². The van der Waals surface area contributed by atoms with Gasteiger partial charge in [0.15, 0.2) is 0 Å². The molecule has 1 nitrogen and oxygen atoms in total. The normalized spacial score (nSPS) is 13.3. The van der Waals surface area contributed by atoms with Crippen molar-refractivity contribution in [3.05, 3.63) is 58.0 Å². The highest BCUT2D eigenvalue weighted by atomic mass is 32.1. The standard InChI is InChI=1S/C18H24FNS/c1-18(2,3)20-13-15(12-17-5-4-10-21-17)11-14-6-8-16(19)9-7-14/h4-10,15,20H,11-13H2,1-3H3. The minimum absolute atomic E-state index is 0.122. The molecular weight excluding hydrogens is 281 g/mol. The SMILES string of the molecule is CC(C)(C)NCC(Cc1ccc(F)cc1)Cc1cccs1. The van der Waals surface area contributed by atoms with Gasteiger partial charge in [0.25, 0.3) is 0 Å². The third-order valence-electron chi connectivity index (χ3n) is 3.43. The number of thiophene rings is 1. The largest absolute Gasteiger partial charge is 0.312 e. The molecule has 0 saturated carbocycles. The van der Waals surface area contributed by atoms with Crippen molar-refractivity contribution < 1.29 is 4.39 Å². The molecule has 0 spiro atoms. The molecule has 0 amide bonds. The molecule has 114 valence electrons. The van der Waals surface area contributed by atoms with Gasteiger partial charge < -0.3 is 5.32 Å². The molecule has 0 aliphatic heterocycles. The zero-order valence-electron chi connectivity index (χ0n) is 13.0. The first kappa shape index (κ1) is 16.2. The van der Waals surface area contributed by atoms with Crippen LogP contribution in [-0.4, -0.2) is 12.1 Å². The molecule has 1 unspecified atom stereocenters. The van der Waals surface area contributed by atoms with Gasteiger partial charge in [-0.15, -0.1) is 11.3 Å². The lowest BCUT2D eigenvalue weighted by molar-refractivity contribution is 0.368. The van der Waals surface area contributed by atoms with E-state index in [1.54, 1.807) is 12.1 Å². The fourth-order valence-electron chi connectivity index (χ4n) is 2.33. The van der Waals surface area contributed by atoms with Crippen molar-refractivity contribution in [1.29, 1.82) is 0 Å². The van der Waals surface area contributed by atoms with Crippen LogP contribution in [0.5, 0.6) is 0 Å². The number of hydrogen-bond donors (Lipinski definition) is 1. The molecule has 0 aliphatic rings. The van der Waals surface area contributed by atoms with Crippen molar-refractivity contribution in [2.75, 3.05) is 6.54 Å². The Morgan fingerprint density at radius 1 is 1.10 bits per heavy atom. The Hall–Kier alpha value is -1.19. The second kappa shape index (κ2) is 7.19. The molecule has 0 saturated heterocycles. The summed E-state index contributed by atoms with van der Waals surface area (Å²) in [6, 6.07) is 11.2. The maximum Gasteiger partial charge on any atom is 0.123 e. The van der Waals surface area contributed by atoms with E-state index >= 15 is 0 Å². The molecule has 1 atom stereocenters. The van der Waals surface area contributed by atoms with Crippen LogP contribution in [0.15, 0.2) is 41.8 Å². The predicted molar refractivity (Wildman–Crippen MR) is 89.4 cm³/mol. The Bertz CT molecular complexity index is 525. The van der Waals surface area contributed by atoms with Crippen LogP contribution in [0.2, 0.25) is 0 Å². The molecule has 1 N–H and O–H groups in total. The van der Waals surface area contributed by atoms with E-state index in [0.29, 0.717) is 5.92 Å². The summed E-state index contributed by atoms with van der Waals surface area (Å²) in [4.78, 5) is 1.41. The van der Waals surface area contributed by atoms with E-state index < -0.39 is 0 Å². The zero-order chi connectivity index (χ0) is 15.3. The molecule has 2 aromatic rings. The van der Waals surface area contributed by atoms with Crippen LogP contribution in [0.4, 0.5) is 4.39 Å². The van der Waals surface area contributed by atoms with Crippen LogP contribution >= 0.6 is 11.3 Å². The molecule has 21 heavy (non-hydrogen) atoms. The van der Waals surface area contributed by atoms with E-state index in [0.717, 1.165) is 19.4 Å². The molecule has 1 heterocycles. The molecule has 0 radical (unpaired) electrons. The van der Waals surface area contributed by atoms with Crippen LogP contribution in [0.1, 0.15) is 31.2 Å². The zero-order valence-corrected chi connectivity index (χ0v) is 13.8. The Morgan fingerprint density at radius 2 is 1.81 bits per heavy atom. The van der Waals surface area contributed by atoms with Gasteiger partial charge >= 0.3 is 0 Å². The third-order valence-corrected chi connectivity index (χ3v) is 4.33. The van der Waals surface area contributed by atoms with Crippen LogP contribution in [0.3, 0.4) is 0 Å². The highest BCUT2D eigenvalue weighted by molar-refractivity contribution is 7.09. The van der Waals surface area contributed by atoms with E-state index in [9.17, 15) is 4.39 Å². The van der Waals surface area contributed by atoms with Crippen LogP contribution in [-0.2, 0) is 12.8 Å². The van der Waals surface area contributed by atoms with Gasteiger partial charge in [0, 0.05) is 10.4 Å². The van der Waals surface area contributed by atoms with E-state index in [4.69, 9.17) is 0 Å². The highest BCUT2D eigenvalue weighted by Crippen LogP contribution is 2.19. The van der Waals surface area contributed by atoms with Crippen molar-refractivity contribution in [2.24, 2.45) is 5.92 Å². The van der Waals surface area contributed by atoms with Crippen molar-refractivity contribution in [2.45, 2.75) is 39.2 Å². The van der Waals surface area contributed by atoms with Crippen LogP contribution in [0, 0.1) is 11.7 Å². The molecule has 0 fully saturated rings. The van der Waals surface area contributed by atoms with E-state index in [1.165, 1.54) is 10.4 Å². The van der Waals surface area contributed by atoms with Gasteiger partial charge in [-0.3, -0.25) is 0 Å². The fraction of sp³-hybridized carbons (Fsp3) is 0.444. The first-order chi connectivity index (χ1) is 9.92. The summed E-state index contributed by atoms with van der Waals surface area (Å²) < 4.78 is 13.0. The van der Waals surface area contributed by atoms with Gasteiger partial charge in [0.2, 0.25) is 0 Å². The van der Waals surface area contributed by atoms with Gasteiger partial charge in [0.1, 0.15) is 5.82 Å². The smallest absolute Gasteiger partial charge is 0.123 e. The monoisotopic (exact) mass is 305 g/mol. The molecule has 1 aromatic heterocycles. The molecule has 0 aliphatic carbocycles. The molecule has 3 heteroatoms. The Labute approximate surface area is 131 Å². The van der Waals surface area contributed by atoms with Gasteiger partial charge in [-0.25, -0.2) is 4.39 Å². The lowest BCUT2D eigenvalue weighted by atomic mass is 9.94. The maximum absolute atomic E-state index is 13.0. The van der Waals surface area contributed by atoms with E-state index in [1.807, 2.05) is 23.5 Å². The fourth-order valence-corrected chi connectivity index (χ4v) is 3.16. The minimum Gasteiger partial charge on any atom is -0.312 e. The average molecular weight is 305 g/mol. The first-order valence-electron chi connectivity index (χ1n) is 7.44. The van der Waals surface area contributed by atoms with Crippen LogP contribution < -0.4 is 5.32 Å². The molecular formula is C18H24FNS. The summed E-state index contributed by atoms with van der Waals surface area (Å²) in [7, 11) is 0. The minimum atomic E-state index is -0.165. The van der Waals surface area contributed by atoms with Crippen LogP contribution in [0.25, 0.3) is 0 Å². The van der Waals surface area contributed by atoms with E-state index in [2.05, 4.69) is 43.6 Å². The summed E-state index contributed by atoms with van der Waals surface area (Å²) >= 11 is 1.81. The topological polar surface area (TPSA) is 12.0 Å². The number of hydrogen-bond acceptors (Lipinski definition) is 2. The van der Waals surface area contributed by atoms with Crippen molar-refractivity contribution >= 4 is 11.3 Å². The first-order valence-corrected chi connectivity index (χ1v) is 8.32. The van der Waals surface area contributed by atoms with Gasteiger partial charge in [-0.2, -0.15) is 0 Å². The molecule has 0 bridgehead atoms. The lowest BCUT2D eigenvalue weighted by Gasteiger charge is -2.25. The second-order valence-electron chi connectivity index (χ2n) is 6.61. The number of benzene rings is 1. The number of nitrogens with one attached hydrogen (secondary N) is 1. The summed E-state index contributed by atoms with van der Waals surface area (Å²) in [6.45, 7) is 7.53. The number of halogens is 1. The van der Waals surface area contributed by atoms with Crippen molar-refractivity contribution in [3.63, 3.8) is 0 Å². The Kier molecular flexibility index (Phi) is 5.54. The molecule has 2 rings (SSSR count). The summed E-state index contributed by atoms with van der Waals surface area (Å²) in [5, 5.41) is 5.72. The van der Waals surface area contributed by atoms with Gasteiger partial charge in [-0.05, 0) is 75.2 Å². The summed E-state index contributed by atoms with van der Waals surface area (Å²) in [5.41, 5.74) is 1.32. The second-order valence-corrected chi connectivity index (χ2v) is 7.64.